The Morgan fingerprint density at radius 2 is 1.72 bits per heavy atom. The summed E-state index contributed by atoms with van der Waals surface area (Å²) in [5.41, 5.74) is 3.08. The molecule has 0 saturated carbocycles. The molecular weight excluding hydrogens is 371 g/mol. The van der Waals surface area contributed by atoms with Crippen molar-refractivity contribution in [1.82, 2.24) is 14.7 Å². The van der Waals surface area contributed by atoms with E-state index < -0.39 is 17.6 Å². The van der Waals surface area contributed by atoms with Crippen molar-refractivity contribution in [2.75, 3.05) is 11.9 Å². The molecule has 0 fully saturated rings. The zero-order valence-electron chi connectivity index (χ0n) is 15.3. The Hall–Kier alpha value is -4.00. The Morgan fingerprint density at radius 1 is 0.966 bits per heavy atom. The highest BCUT2D eigenvalue weighted by molar-refractivity contribution is 5.99. The molecule has 6 nitrogen and oxygen atoms in total. The third kappa shape index (κ3) is 4.14. The van der Waals surface area contributed by atoms with Crippen LogP contribution in [0.1, 0.15) is 10.4 Å². The van der Waals surface area contributed by atoms with Crippen molar-refractivity contribution in [3.63, 3.8) is 0 Å². The monoisotopic (exact) mass is 388 g/mol. The van der Waals surface area contributed by atoms with E-state index in [1.54, 1.807) is 18.2 Å². The molecule has 2 aromatic carbocycles. The first-order valence-corrected chi connectivity index (χ1v) is 8.97. The van der Waals surface area contributed by atoms with Gasteiger partial charge in [0, 0.05) is 23.6 Å². The number of carbonyl (C=O) groups excluding carboxylic acids is 2. The molecule has 0 aliphatic heterocycles. The number of anilines is 1. The lowest BCUT2D eigenvalue weighted by atomic mass is 10.1. The Bertz CT molecular complexity index is 1150. The molecule has 2 N–H and O–H groups in total. The molecule has 0 aliphatic rings. The van der Waals surface area contributed by atoms with Gasteiger partial charge in [-0.2, -0.15) is 0 Å². The van der Waals surface area contributed by atoms with E-state index >= 15 is 0 Å². The van der Waals surface area contributed by atoms with Crippen LogP contribution in [0.5, 0.6) is 0 Å². The van der Waals surface area contributed by atoms with Gasteiger partial charge in [-0.3, -0.25) is 9.59 Å². The summed E-state index contributed by atoms with van der Waals surface area (Å²) in [5.74, 6) is -1.68. The minimum absolute atomic E-state index is 0.0999. The van der Waals surface area contributed by atoms with Gasteiger partial charge in [-0.05, 0) is 36.4 Å². The van der Waals surface area contributed by atoms with Gasteiger partial charge < -0.3 is 15.0 Å². The molecule has 29 heavy (non-hydrogen) atoms. The molecule has 0 atom stereocenters. The van der Waals surface area contributed by atoms with Crippen LogP contribution in [0.4, 0.5) is 10.1 Å². The fourth-order valence-electron chi connectivity index (χ4n) is 2.90. The van der Waals surface area contributed by atoms with E-state index in [-0.39, 0.29) is 12.1 Å². The summed E-state index contributed by atoms with van der Waals surface area (Å²) >= 11 is 0. The largest absolute Gasteiger partial charge is 0.343 e. The number of halogens is 1. The lowest BCUT2D eigenvalue weighted by Crippen LogP contribution is -2.33. The first-order valence-electron chi connectivity index (χ1n) is 8.97. The van der Waals surface area contributed by atoms with Gasteiger partial charge >= 0.3 is 0 Å². The van der Waals surface area contributed by atoms with Crippen molar-refractivity contribution in [3.05, 3.63) is 90.5 Å². The fourth-order valence-corrected chi connectivity index (χ4v) is 2.90. The lowest BCUT2D eigenvalue weighted by molar-refractivity contribution is -0.115. The third-order valence-electron chi connectivity index (χ3n) is 4.36. The zero-order chi connectivity index (χ0) is 20.2. The van der Waals surface area contributed by atoms with Crippen LogP contribution in [0.15, 0.2) is 79.1 Å². The Balaban J connectivity index is 1.36. The van der Waals surface area contributed by atoms with Crippen LogP contribution in [0, 0.1) is 5.82 Å². The van der Waals surface area contributed by atoms with Crippen molar-refractivity contribution in [1.29, 1.82) is 0 Å². The smallest absolute Gasteiger partial charge is 0.254 e. The molecule has 4 rings (SSSR count). The maximum Gasteiger partial charge on any atom is 0.254 e. The summed E-state index contributed by atoms with van der Waals surface area (Å²) in [4.78, 5) is 28.6. The predicted molar refractivity (Wildman–Crippen MR) is 108 cm³/mol. The van der Waals surface area contributed by atoms with Gasteiger partial charge in [-0.25, -0.2) is 9.37 Å². The molecule has 2 heterocycles. The van der Waals surface area contributed by atoms with E-state index in [1.165, 1.54) is 18.2 Å². The van der Waals surface area contributed by atoms with Crippen LogP contribution in [-0.4, -0.2) is 27.7 Å². The third-order valence-corrected chi connectivity index (χ3v) is 4.36. The van der Waals surface area contributed by atoms with Gasteiger partial charge in [0.05, 0.1) is 17.8 Å². The second-order valence-electron chi connectivity index (χ2n) is 6.38. The van der Waals surface area contributed by atoms with Crippen LogP contribution in [0.25, 0.3) is 16.9 Å². The molecule has 2 amide bonds. The predicted octanol–water partition coefficient (Wildman–Crippen LogP) is 3.51. The van der Waals surface area contributed by atoms with E-state index in [1.807, 2.05) is 47.1 Å². The van der Waals surface area contributed by atoms with Crippen LogP contribution < -0.4 is 10.6 Å². The first kappa shape index (κ1) is 18.4. The highest BCUT2D eigenvalue weighted by atomic mass is 19.1. The highest BCUT2D eigenvalue weighted by Crippen LogP contribution is 2.21. The molecule has 0 radical (unpaired) electrons. The molecule has 0 saturated heterocycles. The summed E-state index contributed by atoms with van der Waals surface area (Å²) < 4.78 is 15.5. The first-order chi connectivity index (χ1) is 14.1. The Kier molecular flexibility index (Phi) is 5.03. The van der Waals surface area contributed by atoms with E-state index in [0.717, 1.165) is 16.9 Å². The Morgan fingerprint density at radius 3 is 2.48 bits per heavy atom. The molecule has 4 aromatic rings. The number of aromatic nitrogens is 2. The number of hydrogen-bond donors (Lipinski definition) is 2. The second kappa shape index (κ2) is 7.93. The Labute approximate surface area is 166 Å². The quantitative estimate of drug-likeness (QED) is 0.549. The number of fused-ring (bicyclic) bond motifs is 1. The van der Waals surface area contributed by atoms with Crippen LogP contribution in [0.2, 0.25) is 0 Å². The van der Waals surface area contributed by atoms with E-state index in [0.29, 0.717) is 5.69 Å². The van der Waals surface area contributed by atoms with Gasteiger partial charge in [-0.1, -0.05) is 30.3 Å². The average molecular weight is 388 g/mol. The molecule has 0 bridgehead atoms. The van der Waals surface area contributed by atoms with E-state index in [2.05, 4.69) is 15.6 Å². The maximum absolute atomic E-state index is 13.6. The van der Waals surface area contributed by atoms with Gasteiger partial charge in [0.25, 0.3) is 5.91 Å². The summed E-state index contributed by atoms with van der Waals surface area (Å²) in [5, 5.41) is 5.10. The SMILES string of the molecule is O=C(CNC(=O)c1ccccc1F)Nc1ccc(-c2cn3ccccc3n2)cc1. The number of pyridine rings is 1. The second-order valence-corrected chi connectivity index (χ2v) is 6.38. The maximum atomic E-state index is 13.6. The highest BCUT2D eigenvalue weighted by Gasteiger charge is 2.12. The normalized spacial score (nSPS) is 10.7. The summed E-state index contributed by atoms with van der Waals surface area (Å²) in [6.45, 7) is -0.263. The van der Waals surface area contributed by atoms with Crippen molar-refractivity contribution < 1.29 is 14.0 Å². The molecule has 0 unspecified atom stereocenters. The van der Waals surface area contributed by atoms with Gasteiger partial charge in [0.1, 0.15) is 11.5 Å². The number of nitrogens with zero attached hydrogens (tertiary/aromatic N) is 2. The molecular formula is C22H17FN4O2. The average Bonchev–Trinajstić information content (AvgIpc) is 3.17. The topological polar surface area (TPSA) is 75.5 Å². The van der Waals surface area contributed by atoms with Crippen LogP contribution in [0.3, 0.4) is 0 Å². The summed E-state index contributed by atoms with van der Waals surface area (Å²) in [6.07, 6.45) is 3.86. The van der Waals surface area contributed by atoms with E-state index in [4.69, 9.17) is 0 Å². The molecule has 144 valence electrons. The van der Waals surface area contributed by atoms with Crippen molar-refractivity contribution >= 4 is 23.1 Å². The van der Waals surface area contributed by atoms with E-state index in [9.17, 15) is 14.0 Å². The van der Waals surface area contributed by atoms with Gasteiger partial charge in [0.15, 0.2) is 0 Å². The molecule has 7 heteroatoms. The number of nitrogens with one attached hydrogen (secondary N) is 2. The number of benzene rings is 2. The summed E-state index contributed by atoms with van der Waals surface area (Å²) in [6, 6.07) is 18.6. The molecule has 2 aromatic heterocycles. The van der Waals surface area contributed by atoms with Crippen LogP contribution >= 0.6 is 0 Å². The minimum Gasteiger partial charge on any atom is -0.343 e. The summed E-state index contributed by atoms with van der Waals surface area (Å²) in [7, 11) is 0. The fraction of sp³-hybridized carbons (Fsp3) is 0.0455. The van der Waals surface area contributed by atoms with Gasteiger partial charge in [0.2, 0.25) is 5.91 Å². The number of hydrogen-bond acceptors (Lipinski definition) is 3. The van der Waals surface area contributed by atoms with Crippen molar-refractivity contribution in [2.45, 2.75) is 0 Å². The lowest BCUT2D eigenvalue weighted by Gasteiger charge is -2.08. The van der Waals surface area contributed by atoms with Crippen LogP contribution in [-0.2, 0) is 4.79 Å². The van der Waals surface area contributed by atoms with Gasteiger partial charge in [-0.15, -0.1) is 0 Å². The zero-order valence-corrected chi connectivity index (χ0v) is 15.3. The molecule has 0 spiro atoms. The number of rotatable bonds is 5. The number of amides is 2. The molecule has 0 aliphatic carbocycles. The minimum atomic E-state index is -0.638. The number of carbonyl (C=O) groups is 2. The number of imidazole rings is 1. The standard InChI is InChI=1S/C22H17FN4O2/c23-18-6-2-1-5-17(18)22(29)24-13-21(28)25-16-10-8-15(9-11-16)19-14-27-12-4-3-7-20(27)26-19/h1-12,14H,13H2,(H,24,29)(H,25,28). The van der Waals surface area contributed by atoms with Crippen molar-refractivity contribution in [3.8, 4) is 11.3 Å². The van der Waals surface area contributed by atoms with Crippen molar-refractivity contribution in [2.24, 2.45) is 0 Å².